The van der Waals surface area contributed by atoms with E-state index in [0.29, 0.717) is 12.1 Å². The molecule has 0 spiro atoms. The molecule has 5 nitrogen and oxygen atoms in total. The molecule has 0 bridgehead atoms. The number of unbranched alkanes of at least 4 members (excludes halogenated alkanes) is 1. The summed E-state index contributed by atoms with van der Waals surface area (Å²) in [6.07, 6.45) is 2.74. The number of alkyl carbamates (subject to hydrolysis) is 1. The first kappa shape index (κ1) is 17.4. The third-order valence-corrected chi connectivity index (χ3v) is 5.25. The summed E-state index contributed by atoms with van der Waals surface area (Å²) < 4.78 is 15.9. The molecule has 0 aromatic carbocycles. The maximum absolute atomic E-state index is 10.8. The molecular formula is C12H27NO4Si. The molecule has 1 unspecified atom stereocenters. The predicted molar refractivity (Wildman–Crippen MR) is 74.1 cm³/mol. The van der Waals surface area contributed by atoms with Gasteiger partial charge in [0.2, 0.25) is 0 Å². The monoisotopic (exact) mass is 277 g/mol. The van der Waals surface area contributed by atoms with Gasteiger partial charge in [0.1, 0.15) is 0 Å². The number of methoxy groups -OCH3 is 1. The maximum Gasteiger partial charge on any atom is 0.406 e. The van der Waals surface area contributed by atoms with Gasteiger partial charge in [-0.05, 0) is 32.2 Å². The third kappa shape index (κ3) is 8.49. The van der Waals surface area contributed by atoms with E-state index in [2.05, 4.69) is 17.0 Å². The Morgan fingerprint density at radius 3 is 2.33 bits per heavy atom. The van der Waals surface area contributed by atoms with Crippen molar-refractivity contribution in [3.05, 3.63) is 0 Å². The van der Waals surface area contributed by atoms with Crippen molar-refractivity contribution in [1.82, 2.24) is 5.32 Å². The van der Waals surface area contributed by atoms with Crippen LogP contribution in [-0.2, 0) is 13.6 Å². The fraction of sp³-hybridized carbons (Fsp3) is 0.917. The van der Waals surface area contributed by atoms with Crippen molar-refractivity contribution in [1.29, 1.82) is 0 Å². The van der Waals surface area contributed by atoms with Crippen molar-refractivity contribution in [2.45, 2.75) is 45.6 Å². The van der Waals surface area contributed by atoms with Gasteiger partial charge in [-0.2, -0.15) is 0 Å². The minimum absolute atomic E-state index is 0.362. The topological polar surface area (TPSA) is 56.8 Å². The molecule has 108 valence electrons. The first-order valence-electron chi connectivity index (χ1n) is 6.70. The lowest BCUT2D eigenvalue weighted by atomic mass is 10.2. The molecular weight excluding hydrogens is 250 g/mol. The highest BCUT2D eigenvalue weighted by Crippen LogP contribution is 2.19. The van der Waals surface area contributed by atoms with Crippen LogP contribution in [0.25, 0.3) is 0 Å². The second kappa shape index (κ2) is 11.5. The van der Waals surface area contributed by atoms with Crippen molar-refractivity contribution in [2.24, 2.45) is 0 Å². The van der Waals surface area contributed by atoms with Gasteiger partial charge in [0.15, 0.2) is 0 Å². The summed E-state index contributed by atoms with van der Waals surface area (Å²) >= 11 is 0. The van der Waals surface area contributed by atoms with Gasteiger partial charge >= 0.3 is 15.4 Å². The van der Waals surface area contributed by atoms with E-state index in [1.54, 1.807) is 0 Å². The van der Waals surface area contributed by atoms with Gasteiger partial charge in [-0.1, -0.05) is 13.3 Å². The zero-order chi connectivity index (χ0) is 13.8. The lowest BCUT2D eigenvalue weighted by Gasteiger charge is -2.21. The zero-order valence-corrected chi connectivity index (χ0v) is 13.2. The smallest absolute Gasteiger partial charge is 0.406 e. The van der Waals surface area contributed by atoms with E-state index in [4.69, 9.17) is 8.85 Å². The van der Waals surface area contributed by atoms with Gasteiger partial charge in [-0.15, -0.1) is 0 Å². The van der Waals surface area contributed by atoms with Crippen molar-refractivity contribution >= 4 is 15.4 Å². The molecule has 6 heteroatoms. The molecule has 1 atom stereocenters. The summed E-state index contributed by atoms with van der Waals surface area (Å²) in [4.78, 5) is 10.8. The Morgan fingerprint density at radius 1 is 1.22 bits per heavy atom. The number of hydrogen-bond donors (Lipinski definition) is 1. The number of nitrogens with one attached hydrogen (secondary N) is 1. The Labute approximate surface area is 112 Å². The van der Waals surface area contributed by atoms with Gasteiger partial charge in [-0.3, -0.25) is 0 Å². The lowest BCUT2D eigenvalue weighted by Crippen LogP contribution is -2.28. The van der Waals surface area contributed by atoms with Crippen LogP contribution in [0, 0.1) is 0 Å². The first-order chi connectivity index (χ1) is 8.65. The fourth-order valence-corrected chi connectivity index (χ4v) is 3.61. The van der Waals surface area contributed by atoms with Crippen molar-refractivity contribution < 1.29 is 18.4 Å². The number of rotatable bonds is 10. The van der Waals surface area contributed by atoms with Gasteiger partial charge in [0.25, 0.3) is 0 Å². The molecule has 0 rings (SSSR count). The average Bonchev–Trinajstić information content (AvgIpc) is 2.37. The zero-order valence-electron chi connectivity index (χ0n) is 12.0. The highest BCUT2D eigenvalue weighted by atomic mass is 28.3. The maximum atomic E-state index is 10.8. The molecule has 0 heterocycles. The van der Waals surface area contributed by atoms with Crippen molar-refractivity contribution in [3.8, 4) is 0 Å². The first-order valence-corrected chi connectivity index (χ1v) is 8.31. The van der Waals surface area contributed by atoms with Crippen molar-refractivity contribution in [2.75, 3.05) is 26.9 Å². The van der Waals surface area contributed by atoms with Crippen LogP contribution in [0.1, 0.15) is 40.0 Å². The summed E-state index contributed by atoms with van der Waals surface area (Å²) in [5.74, 6) is 0. The molecule has 0 aliphatic rings. The van der Waals surface area contributed by atoms with Crippen molar-refractivity contribution in [3.63, 3.8) is 0 Å². The highest BCUT2D eigenvalue weighted by molar-refractivity contribution is 6.46. The Morgan fingerprint density at radius 2 is 1.83 bits per heavy atom. The fourth-order valence-electron chi connectivity index (χ4n) is 1.70. The van der Waals surface area contributed by atoms with Crippen LogP contribution in [0.2, 0.25) is 5.54 Å². The number of amides is 1. The molecule has 0 aromatic heterocycles. The van der Waals surface area contributed by atoms with E-state index in [1.807, 2.05) is 13.8 Å². The molecule has 0 saturated carbocycles. The van der Waals surface area contributed by atoms with Crippen LogP contribution in [0.4, 0.5) is 4.79 Å². The van der Waals surface area contributed by atoms with Crippen LogP contribution in [0.15, 0.2) is 0 Å². The van der Waals surface area contributed by atoms with Gasteiger partial charge in [-0.25, -0.2) is 4.79 Å². The lowest BCUT2D eigenvalue weighted by molar-refractivity contribution is 0.170. The largest absolute Gasteiger partial charge is 0.453 e. The summed E-state index contributed by atoms with van der Waals surface area (Å²) in [7, 11) is -0.145. The van der Waals surface area contributed by atoms with Crippen LogP contribution >= 0.6 is 0 Å². The molecule has 18 heavy (non-hydrogen) atoms. The van der Waals surface area contributed by atoms with E-state index in [1.165, 1.54) is 7.11 Å². The predicted octanol–water partition coefficient (Wildman–Crippen LogP) is 2.20. The summed E-state index contributed by atoms with van der Waals surface area (Å²) in [6, 6.07) is 0. The van der Waals surface area contributed by atoms with E-state index in [9.17, 15) is 4.79 Å². The van der Waals surface area contributed by atoms with E-state index < -0.39 is 9.28 Å². The second-order valence-electron chi connectivity index (χ2n) is 4.17. The molecule has 0 saturated heterocycles. The Kier molecular flexibility index (Phi) is 11.1. The summed E-state index contributed by atoms with van der Waals surface area (Å²) in [5.41, 5.74) is 0.503. The molecule has 0 fully saturated rings. The molecule has 1 N–H and O–H groups in total. The van der Waals surface area contributed by atoms with Crippen LogP contribution in [0.3, 0.4) is 0 Å². The highest BCUT2D eigenvalue weighted by Gasteiger charge is 2.20. The minimum atomic E-state index is -1.52. The Hall–Kier alpha value is -0.593. The standard InChI is InChI=1S/C12H27NO4Si/c1-5-16-18(17-6-2)11(3)9-7-8-10-13-12(14)15-4/h11,18H,5-10H2,1-4H3,(H,13,14). The van der Waals surface area contributed by atoms with E-state index in [-0.39, 0.29) is 6.09 Å². The van der Waals surface area contributed by atoms with Crippen LogP contribution in [0.5, 0.6) is 0 Å². The molecule has 0 aliphatic carbocycles. The Balaban J connectivity index is 3.66. The van der Waals surface area contributed by atoms with Gasteiger partial charge < -0.3 is 18.9 Å². The van der Waals surface area contributed by atoms with Crippen LogP contribution < -0.4 is 5.32 Å². The molecule has 0 radical (unpaired) electrons. The second-order valence-corrected chi connectivity index (χ2v) is 6.71. The summed E-state index contributed by atoms with van der Waals surface area (Å²) in [6.45, 7) is 8.32. The van der Waals surface area contributed by atoms with Gasteiger partial charge in [0, 0.05) is 19.8 Å². The third-order valence-electron chi connectivity index (χ3n) is 2.67. The SMILES string of the molecule is CCO[SiH](OCC)C(C)CCCCNC(=O)OC. The van der Waals surface area contributed by atoms with Crippen LogP contribution in [-0.4, -0.2) is 42.2 Å². The Bertz CT molecular complexity index is 210. The van der Waals surface area contributed by atoms with E-state index >= 15 is 0 Å². The van der Waals surface area contributed by atoms with Gasteiger partial charge in [0.05, 0.1) is 7.11 Å². The normalized spacial score (nSPS) is 12.5. The summed E-state index contributed by atoms with van der Waals surface area (Å²) in [5, 5.41) is 2.67. The minimum Gasteiger partial charge on any atom is -0.453 e. The molecule has 1 amide bonds. The number of hydrogen-bond acceptors (Lipinski definition) is 4. The quantitative estimate of drug-likeness (QED) is 0.491. The number of ether oxygens (including phenoxy) is 1. The number of carbonyl (C=O) groups excluding carboxylic acids is 1. The van der Waals surface area contributed by atoms with E-state index in [0.717, 1.165) is 32.5 Å². The number of carbonyl (C=O) groups is 1. The molecule has 0 aliphatic heterocycles. The average molecular weight is 277 g/mol. The molecule has 0 aromatic rings.